The number of hydrogen-bond acceptors (Lipinski definition) is 7. The number of carbonyl (C=O) groups is 1. The quantitative estimate of drug-likeness (QED) is 0.457. The summed E-state index contributed by atoms with van der Waals surface area (Å²) < 4.78 is 0. The molecule has 0 radical (unpaired) electrons. The summed E-state index contributed by atoms with van der Waals surface area (Å²) in [4.78, 5) is 24.6. The van der Waals surface area contributed by atoms with E-state index in [1.54, 1.807) is 11.3 Å². The SMILES string of the molecule is CC1CCc2nc3sc(C(=O)Nc4nc(-c5cccs5)cs4)c(N)c3cc2C1. The van der Waals surface area contributed by atoms with Crippen molar-refractivity contribution in [2.75, 3.05) is 11.1 Å². The maximum Gasteiger partial charge on any atom is 0.269 e. The van der Waals surface area contributed by atoms with E-state index in [1.807, 2.05) is 22.9 Å². The molecule has 1 atom stereocenters. The standard InChI is InChI=1S/C20H18N4OS3/c1-10-4-5-13-11(7-10)8-12-16(21)17(28-19(12)22-13)18(25)24-20-23-14(9-27-20)15-3-2-6-26-15/h2-3,6,8-10H,4-5,7,21H2,1H3,(H,23,24,25). The average Bonchev–Trinajstić information content (AvgIpc) is 3.41. The predicted molar refractivity (Wildman–Crippen MR) is 119 cm³/mol. The Bertz CT molecular complexity index is 1180. The summed E-state index contributed by atoms with van der Waals surface area (Å²) in [5.41, 5.74) is 10.1. The molecule has 1 aliphatic carbocycles. The van der Waals surface area contributed by atoms with Gasteiger partial charge in [-0.1, -0.05) is 13.0 Å². The number of nitrogens with one attached hydrogen (secondary N) is 1. The molecule has 8 heteroatoms. The van der Waals surface area contributed by atoms with Gasteiger partial charge < -0.3 is 5.73 Å². The van der Waals surface area contributed by atoms with Crippen LogP contribution in [0.5, 0.6) is 0 Å². The second-order valence-electron chi connectivity index (χ2n) is 7.11. The van der Waals surface area contributed by atoms with Crippen LogP contribution in [0.2, 0.25) is 0 Å². The molecule has 3 N–H and O–H groups in total. The second kappa shape index (κ2) is 6.95. The summed E-state index contributed by atoms with van der Waals surface area (Å²) >= 11 is 4.40. The van der Waals surface area contributed by atoms with Crippen molar-refractivity contribution < 1.29 is 4.79 Å². The summed E-state index contributed by atoms with van der Waals surface area (Å²) in [6, 6.07) is 6.14. The third-order valence-corrected chi connectivity index (χ3v) is 7.80. The Morgan fingerprint density at radius 2 is 2.21 bits per heavy atom. The highest BCUT2D eigenvalue weighted by molar-refractivity contribution is 7.21. The Labute approximate surface area is 174 Å². The molecule has 4 heterocycles. The van der Waals surface area contributed by atoms with Crippen molar-refractivity contribution in [3.63, 3.8) is 0 Å². The van der Waals surface area contributed by atoms with E-state index in [0.717, 1.165) is 45.7 Å². The lowest BCUT2D eigenvalue weighted by molar-refractivity contribution is 0.103. The van der Waals surface area contributed by atoms with E-state index in [-0.39, 0.29) is 5.91 Å². The minimum absolute atomic E-state index is 0.223. The lowest BCUT2D eigenvalue weighted by Gasteiger charge is -2.20. The molecular formula is C20H18N4OS3. The molecule has 0 fully saturated rings. The van der Waals surface area contributed by atoms with Crippen LogP contribution in [0.25, 0.3) is 20.8 Å². The van der Waals surface area contributed by atoms with Gasteiger partial charge in [0.15, 0.2) is 5.13 Å². The Morgan fingerprint density at radius 3 is 3.04 bits per heavy atom. The zero-order valence-corrected chi connectivity index (χ0v) is 17.6. The van der Waals surface area contributed by atoms with E-state index in [4.69, 9.17) is 10.7 Å². The molecule has 4 aromatic heterocycles. The molecule has 1 unspecified atom stereocenters. The van der Waals surface area contributed by atoms with Crippen molar-refractivity contribution >= 4 is 61.0 Å². The molecule has 28 heavy (non-hydrogen) atoms. The molecular weight excluding hydrogens is 408 g/mol. The molecule has 1 amide bonds. The number of pyridine rings is 1. The number of amides is 1. The molecule has 5 nitrogen and oxygen atoms in total. The van der Waals surface area contributed by atoms with Gasteiger partial charge in [-0.05, 0) is 48.3 Å². The van der Waals surface area contributed by atoms with Gasteiger partial charge in [-0.15, -0.1) is 34.0 Å². The van der Waals surface area contributed by atoms with E-state index < -0.39 is 0 Å². The van der Waals surface area contributed by atoms with Gasteiger partial charge in [0, 0.05) is 16.5 Å². The fraction of sp³-hybridized carbons (Fsp3) is 0.250. The number of rotatable bonds is 3. The summed E-state index contributed by atoms with van der Waals surface area (Å²) in [7, 11) is 0. The Kier molecular flexibility index (Phi) is 4.41. The largest absolute Gasteiger partial charge is 0.397 e. The van der Waals surface area contributed by atoms with E-state index >= 15 is 0 Å². The Morgan fingerprint density at radius 1 is 1.32 bits per heavy atom. The number of nitrogens with two attached hydrogens (primary N) is 1. The van der Waals surface area contributed by atoms with E-state index in [2.05, 4.69) is 23.3 Å². The first-order chi connectivity index (χ1) is 13.6. The number of hydrogen-bond donors (Lipinski definition) is 2. The van der Waals surface area contributed by atoms with Crippen molar-refractivity contribution in [2.24, 2.45) is 5.92 Å². The monoisotopic (exact) mass is 426 g/mol. The fourth-order valence-corrected chi connectivity index (χ4v) is 6.02. The zero-order chi connectivity index (χ0) is 19.3. The van der Waals surface area contributed by atoms with Crippen molar-refractivity contribution in [3.8, 4) is 10.6 Å². The molecule has 0 aromatic carbocycles. The Balaban J connectivity index is 1.44. The number of carbonyl (C=O) groups excluding carboxylic acids is 1. The van der Waals surface area contributed by atoms with Crippen LogP contribution in [-0.4, -0.2) is 15.9 Å². The number of nitrogen functional groups attached to an aromatic ring is 1. The average molecular weight is 427 g/mol. The lowest BCUT2D eigenvalue weighted by Crippen LogP contribution is -2.12. The van der Waals surface area contributed by atoms with Gasteiger partial charge in [0.05, 0.1) is 16.3 Å². The molecule has 0 bridgehead atoms. The number of thiazole rings is 1. The first-order valence-electron chi connectivity index (χ1n) is 9.10. The lowest BCUT2D eigenvalue weighted by atomic mass is 9.87. The van der Waals surface area contributed by atoms with Crippen molar-refractivity contribution in [1.82, 2.24) is 9.97 Å². The van der Waals surface area contributed by atoms with E-state index in [1.165, 1.54) is 28.2 Å². The van der Waals surface area contributed by atoms with Crippen molar-refractivity contribution in [3.05, 3.63) is 45.1 Å². The minimum Gasteiger partial charge on any atom is -0.397 e. The molecule has 4 aromatic rings. The van der Waals surface area contributed by atoms with Gasteiger partial charge in [0.25, 0.3) is 5.91 Å². The van der Waals surface area contributed by atoms with Crippen LogP contribution >= 0.6 is 34.0 Å². The van der Waals surface area contributed by atoms with Crippen LogP contribution in [0, 0.1) is 5.92 Å². The number of thiophene rings is 2. The third kappa shape index (κ3) is 3.11. The summed E-state index contributed by atoms with van der Waals surface area (Å²) in [6.45, 7) is 2.27. The smallest absolute Gasteiger partial charge is 0.269 e. The summed E-state index contributed by atoms with van der Waals surface area (Å²) in [6.07, 6.45) is 3.19. The maximum atomic E-state index is 12.8. The molecule has 0 aliphatic heterocycles. The number of anilines is 2. The number of nitrogens with zero attached hydrogens (tertiary/aromatic N) is 2. The molecule has 1 aliphatic rings. The van der Waals surface area contributed by atoms with E-state index in [9.17, 15) is 4.79 Å². The number of aromatic nitrogens is 2. The topological polar surface area (TPSA) is 80.9 Å². The summed E-state index contributed by atoms with van der Waals surface area (Å²) in [5, 5.41) is 8.32. The molecule has 0 saturated carbocycles. The summed E-state index contributed by atoms with van der Waals surface area (Å²) in [5.74, 6) is 0.441. The predicted octanol–water partition coefficient (Wildman–Crippen LogP) is 5.44. The second-order valence-corrected chi connectivity index (χ2v) is 9.91. The molecule has 142 valence electrons. The zero-order valence-electron chi connectivity index (χ0n) is 15.2. The van der Waals surface area contributed by atoms with Gasteiger partial charge >= 0.3 is 0 Å². The molecule has 5 rings (SSSR count). The molecule has 0 saturated heterocycles. The number of aryl methyl sites for hydroxylation is 1. The van der Waals surface area contributed by atoms with E-state index in [0.29, 0.717) is 21.6 Å². The van der Waals surface area contributed by atoms with Crippen LogP contribution in [0.3, 0.4) is 0 Å². The van der Waals surface area contributed by atoms with Crippen molar-refractivity contribution in [1.29, 1.82) is 0 Å². The van der Waals surface area contributed by atoms with Crippen LogP contribution in [0.4, 0.5) is 10.8 Å². The van der Waals surface area contributed by atoms with Gasteiger partial charge in [0.2, 0.25) is 0 Å². The van der Waals surface area contributed by atoms with Crippen LogP contribution in [0.15, 0.2) is 29.0 Å². The van der Waals surface area contributed by atoms with Gasteiger partial charge in [-0.25, -0.2) is 9.97 Å². The van der Waals surface area contributed by atoms with Crippen LogP contribution < -0.4 is 11.1 Å². The first-order valence-corrected chi connectivity index (χ1v) is 11.7. The van der Waals surface area contributed by atoms with Gasteiger partial charge in [-0.2, -0.15) is 0 Å². The molecule has 0 spiro atoms. The third-order valence-electron chi connectivity index (χ3n) is 5.04. The minimum atomic E-state index is -0.223. The van der Waals surface area contributed by atoms with Gasteiger partial charge in [-0.3, -0.25) is 10.1 Å². The number of fused-ring (bicyclic) bond motifs is 2. The fourth-order valence-electron chi connectivity index (χ4n) is 3.56. The highest BCUT2D eigenvalue weighted by Gasteiger charge is 2.22. The highest BCUT2D eigenvalue weighted by Crippen LogP contribution is 2.37. The maximum absolute atomic E-state index is 12.8. The first kappa shape index (κ1) is 17.8. The highest BCUT2D eigenvalue weighted by atomic mass is 32.1. The Hall–Kier alpha value is -2.29. The van der Waals surface area contributed by atoms with Crippen LogP contribution in [-0.2, 0) is 12.8 Å². The van der Waals surface area contributed by atoms with Crippen LogP contribution in [0.1, 0.15) is 34.3 Å². The van der Waals surface area contributed by atoms with Crippen molar-refractivity contribution in [2.45, 2.75) is 26.2 Å². The normalized spacial score (nSPS) is 16.2. The van der Waals surface area contributed by atoms with Gasteiger partial charge in [0.1, 0.15) is 9.71 Å².